The number of aromatic nitrogens is 4. The molecule has 3 fully saturated rings. The van der Waals surface area contributed by atoms with Gasteiger partial charge in [0.05, 0.1) is 23.9 Å². The molecule has 3 saturated carbocycles. The number of hydrogen-bond donors (Lipinski definition) is 4. The van der Waals surface area contributed by atoms with E-state index in [1.54, 1.807) is 17.9 Å². The van der Waals surface area contributed by atoms with Gasteiger partial charge in [0.15, 0.2) is 11.5 Å². The van der Waals surface area contributed by atoms with Crippen LogP contribution in [0, 0.1) is 11.3 Å². The van der Waals surface area contributed by atoms with Crippen LogP contribution < -0.4 is 10.6 Å². The van der Waals surface area contributed by atoms with Crippen LogP contribution in [-0.4, -0.2) is 60.9 Å². The van der Waals surface area contributed by atoms with E-state index in [2.05, 4.69) is 25.6 Å². The molecule has 5 rings (SSSR count). The SMILES string of the molecule is CNC(=O)[C@@]12CC1C(n1cnc3c(NC4CCCC4)ncnc31)C(O)C2O. The summed E-state index contributed by atoms with van der Waals surface area (Å²) < 4.78 is 1.80. The Labute approximate surface area is 156 Å². The van der Waals surface area contributed by atoms with E-state index in [4.69, 9.17) is 0 Å². The van der Waals surface area contributed by atoms with Gasteiger partial charge < -0.3 is 25.4 Å². The van der Waals surface area contributed by atoms with Crippen LogP contribution in [0.4, 0.5) is 5.82 Å². The van der Waals surface area contributed by atoms with E-state index in [0.29, 0.717) is 29.4 Å². The number of rotatable bonds is 4. The first-order valence-corrected chi connectivity index (χ1v) is 9.60. The van der Waals surface area contributed by atoms with E-state index in [1.165, 1.54) is 19.2 Å². The van der Waals surface area contributed by atoms with E-state index in [9.17, 15) is 15.0 Å². The molecule has 2 heterocycles. The van der Waals surface area contributed by atoms with Crippen LogP contribution in [0.1, 0.15) is 38.1 Å². The van der Waals surface area contributed by atoms with Crippen LogP contribution in [-0.2, 0) is 4.79 Å². The topological polar surface area (TPSA) is 125 Å². The lowest BCUT2D eigenvalue weighted by molar-refractivity contribution is -0.132. The number of fused-ring (bicyclic) bond motifs is 2. The van der Waals surface area contributed by atoms with Gasteiger partial charge in [-0.05, 0) is 19.3 Å². The highest BCUT2D eigenvalue weighted by Crippen LogP contribution is 2.67. The molecule has 3 aliphatic carbocycles. The van der Waals surface area contributed by atoms with Crippen LogP contribution in [0.3, 0.4) is 0 Å². The average molecular weight is 372 g/mol. The summed E-state index contributed by atoms with van der Waals surface area (Å²) in [5, 5.41) is 27.3. The van der Waals surface area contributed by atoms with Crippen molar-refractivity contribution in [3.63, 3.8) is 0 Å². The minimum Gasteiger partial charge on any atom is -0.389 e. The van der Waals surface area contributed by atoms with Gasteiger partial charge in [-0.15, -0.1) is 0 Å². The molecule has 9 heteroatoms. The molecule has 0 bridgehead atoms. The molecule has 5 atom stereocenters. The van der Waals surface area contributed by atoms with Gasteiger partial charge in [0.2, 0.25) is 5.91 Å². The Morgan fingerprint density at radius 1 is 1.26 bits per heavy atom. The Bertz CT molecular complexity index is 894. The van der Waals surface area contributed by atoms with Crippen molar-refractivity contribution in [1.29, 1.82) is 0 Å². The fourth-order valence-corrected chi connectivity index (χ4v) is 5.23. The Hall–Kier alpha value is -2.26. The van der Waals surface area contributed by atoms with Crippen molar-refractivity contribution >= 4 is 22.9 Å². The Kier molecular flexibility index (Phi) is 3.67. The Morgan fingerprint density at radius 3 is 2.78 bits per heavy atom. The van der Waals surface area contributed by atoms with E-state index in [0.717, 1.165) is 12.8 Å². The molecular formula is C18H24N6O3. The maximum Gasteiger partial charge on any atom is 0.229 e. The minimum absolute atomic E-state index is 0.138. The fourth-order valence-electron chi connectivity index (χ4n) is 5.23. The predicted octanol–water partition coefficient (Wildman–Crippen LogP) is 0.210. The first-order chi connectivity index (χ1) is 13.1. The lowest BCUT2D eigenvalue weighted by Gasteiger charge is -2.23. The monoisotopic (exact) mass is 372 g/mol. The lowest BCUT2D eigenvalue weighted by atomic mass is 9.98. The number of anilines is 1. The first-order valence-electron chi connectivity index (χ1n) is 9.60. The maximum absolute atomic E-state index is 12.3. The van der Waals surface area contributed by atoms with Crippen molar-refractivity contribution in [2.45, 2.75) is 56.4 Å². The third-order valence-electron chi connectivity index (χ3n) is 6.70. The zero-order chi connectivity index (χ0) is 18.8. The van der Waals surface area contributed by atoms with E-state index >= 15 is 0 Å². The number of imidazole rings is 1. The van der Waals surface area contributed by atoms with E-state index in [1.807, 2.05) is 0 Å². The highest BCUT2D eigenvalue weighted by atomic mass is 16.3. The summed E-state index contributed by atoms with van der Waals surface area (Å²) in [4.78, 5) is 25.5. The molecular weight excluding hydrogens is 348 g/mol. The molecule has 9 nitrogen and oxygen atoms in total. The molecule has 4 N–H and O–H groups in total. The summed E-state index contributed by atoms with van der Waals surface area (Å²) in [6.45, 7) is 0. The van der Waals surface area contributed by atoms with Crippen LogP contribution >= 0.6 is 0 Å². The molecule has 2 aromatic rings. The lowest BCUT2D eigenvalue weighted by Crippen LogP contribution is -2.41. The molecule has 3 aliphatic rings. The number of carbonyl (C=O) groups excluding carboxylic acids is 1. The van der Waals surface area contributed by atoms with Crippen molar-refractivity contribution in [1.82, 2.24) is 24.8 Å². The third-order valence-corrected chi connectivity index (χ3v) is 6.70. The number of aliphatic hydroxyl groups excluding tert-OH is 2. The molecule has 1 amide bonds. The second kappa shape index (κ2) is 5.87. The second-order valence-corrected chi connectivity index (χ2v) is 8.03. The molecule has 0 spiro atoms. The van der Waals surface area contributed by atoms with E-state index < -0.39 is 23.7 Å². The van der Waals surface area contributed by atoms with Crippen molar-refractivity contribution in [2.75, 3.05) is 12.4 Å². The molecule has 0 radical (unpaired) electrons. The fraction of sp³-hybridized carbons (Fsp3) is 0.667. The van der Waals surface area contributed by atoms with Crippen LogP contribution in [0.2, 0.25) is 0 Å². The smallest absolute Gasteiger partial charge is 0.229 e. The zero-order valence-corrected chi connectivity index (χ0v) is 15.2. The molecule has 144 valence electrons. The predicted molar refractivity (Wildman–Crippen MR) is 96.9 cm³/mol. The van der Waals surface area contributed by atoms with Gasteiger partial charge in [0.1, 0.15) is 17.9 Å². The summed E-state index contributed by atoms with van der Waals surface area (Å²) in [7, 11) is 1.56. The van der Waals surface area contributed by atoms with Gasteiger partial charge in [0, 0.05) is 19.0 Å². The number of amides is 1. The molecule has 4 unspecified atom stereocenters. The van der Waals surface area contributed by atoms with Gasteiger partial charge in [0.25, 0.3) is 0 Å². The largest absolute Gasteiger partial charge is 0.389 e. The molecule has 0 aliphatic heterocycles. The van der Waals surface area contributed by atoms with Crippen LogP contribution in [0.25, 0.3) is 11.2 Å². The molecule has 0 saturated heterocycles. The van der Waals surface area contributed by atoms with Gasteiger partial charge in [-0.1, -0.05) is 12.8 Å². The Balaban J connectivity index is 1.50. The summed E-state index contributed by atoms with van der Waals surface area (Å²) >= 11 is 0. The normalized spacial score (nSPS) is 35.4. The Morgan fingerprint density at radius 2 is 2.04 bits per heavy atom. The number of hydrogen-bond acceptors (Lipinski definition) is 7. The highest BCUT2D eigenvalue weighted by Gasteiger charge is 2.75. The van der Waals surface area contributed by atoms with Crippen molar-refractivity contribution in [3.05, 3.63) is 12.7 Å². The summed E-state index contributed by atoms with van der Waals surface area (Å²) in [5.41, 5.74) is 0.360. The molecule has 2 aromatic heterocycles. The highest BCUT2D eigenvalue weighted by molar-refractivity contribution is 5.88. The number of nitrogens with zero attached hydrogens (tertiary/aromatic N) is 4. The number of carbonyl (C=O) groups is 1. The van der Waals surface area contributed by atoms with Gasteiger partial charge in [-0.3, -0.25) is 4.79 Å². The minimum atomic E-state index is -1.09. The molecule has 27 heavy (non-hydrogen) atoms. The van der Waals surface area contributed by atoms with Gasteiger partial charge in [-0.2, -0.15) is 0 Å². The van der Waals surface area contributed by atoms with Crippen LogP contribution in [0.5, 0.6) is 0 Å². The summed E-state index contributed by atoms with van der Waals surface area (Å²) in [6, 6.07) is -0.0343. The van der Waals surface area contributed by atoms with Crippen LogP contribution in [0.15, 0.2) is 12.7 Å². The zero-order valence-electron chi connectivity index (χ0n) is 15.2. The second-order valence-electron chi connectivity index (χ2n) is 8.03. The van der Waals surface area contributed by atoms with Crippen molar-refractivity contribution in [3.8, 4) is 0 Å². The average Bonchev–Trinajstić information content (AvgIpc) is 2.98. The van der Waals surface area contributed by atoms with Crippen molar-refractivity contribution < 1.29 is 15.0 Å². The maximum atomic E-state index is 12.3. The summed E-state index contributed by atoms with van der Waals surface area (Å²) in [5.74, 6) is 0.345. The quantitative estimate of drug-likeness (QED) is 0.604. The van der Waals surface area contributed by atoms with Crippen molar-refractivity contribution in [2.24, 2.45) is 11.3 Å². The number of nitrogens with one attached hydrogen (secondary N) is 2. The van der Waals surface area contributed by atoms with Gasteiger partial charge >= 0.3 is 0 Å². The van der Waals surface area contributed by atoms with E-state index in [-0.39, 0.29) is 11.8 Å². The standard InChI is InChI=1S/C18H24N6O3/c1-19-17(27)18-6-10(18)12(13(25)14(18)26)24-8-22-11-15(20-7-21-16(11)24)23-9-4-2-3-5-9/h7-10,12-14,25-26H,2-6H2,1H3,(H,19,27)(H,20,21,23)/t10?,12?,13?,14?,18-/m0/s1. The first kappa shape index (κ1) is 16.9. The van der Waals surface area contributed by atoms with Gasteiger partial charge in [-0.25, -0.2) is 15.0 Å². The third kappa shape index (κ3) is 2.24. The number of aliphatic hydroxyl groups is 2. The summed E-state index contributed by atoms with van der Waals surface area (Å²) in [6.07, 6.45) is 6.22. The molecule has 0 aromatic carbocycles.